The normalized spacial score (nSPS) is 12.4. The zero-order valence-corrected chi connectivity index (χ0v) is 8.71. The Kier molecular flexibility index (Phi) is 3.98. The summed E-state index contributed by atoms with van der Waals surface area (Å²) < 4.78 is 19.0. The predicted octanol–water partition coefficient (Wildman–Crippen LogP) is 2.00. The van der Waals surface area contributed by atoms with E-state index < -0.39 is 16.2 Å². The van der Waals surface area contributed by atoms with E-state index in [1.807, 2.05) is 12.1 Å². The Morgan fingerprint density at radius 2 is 1.93 bits per heavy atom. The van der Waals surface area contributed by atoms with Gasteiger partial charge in [0, 0.05) is 5.56 Å². The van der Waals surface area contributed by atoms with Gasteiger partial charge in [-0.15, -0.1) is 0 Å². The van der Waals surface area contributed by atoms with Gasteiger partial charge in [0.1, 0.15) is 0 Å². The third-order valence-electron chi connectivity index (χ3n) is 1.89. The average molecular weight is 212 g/mol. The van der Waals surface area contributed by atoms with Gasteiger partial charge in [-0.25, -0.2) is 4.21 Å². The summed E-state index contributed by atoms with van der Waals surface area (Å²) in [6, 6.07) is 6.79. The average Bonchev–Trinajstić information content (AvgIpc) is 2.18. The Morgan fingerprint density at radius 1 is 1.36 bits per heavy atom. The number of aryl methyl sites for hydroxylation is 1. The van der Waals surface area contributed by atoms with Crippen LogP contribution < -0.4 is 0 Å². The molecule has 0 aliphatic rings. The third-order valence-corrected chi connectivity index (χ3v) is 2.44. The van der Waals surface area contributed by atoms with E-state index in [1.165, 1.54) is 0 Å². The van der Waals surface area contributed by atoms with Gasteiger partial charge >= 0.3 is 0 Å². The molecule has 0 spiro atoms. The van der Waals surface area contributed by atoms with E-state index in [-0.39, 0.29) is 5.56 Å². The fraction of sp³-hybridized carbons (Fsp3) is 0.300. The fourth-order valence-corrected chi connectivity index (χ4v) is 1.53. The molecule has 1 unspecified atom stereocenters. The van der Waals surface area contributed by atoms with Crippen molar-refractivity contribution in [3.05, 3.63) is 35.4 Å². The number of benzene rings is 1. The molecule has 0 bridgehead atoms. The highest BCUT2D eigenvalue weighted by molar-refractivity contribution is 7.95. The van der Waals surface area contributed by atoms with Crippen LogP contribution in [0.4, 0.5) is 0 Å². The zero-order chi connectivity index (χ0) is 10.6. The van der Waals surface area contributed by atoms with Crippen molar-refractivity contribution in [1.82, 2.24) is 0 Å². The molecule has 4 heteroatoms. The van der Waals surface area contributed by atoms with Gasteiger partial charge in [0.05, 0.1) is 0 Å². The molecule has 0 heterocycles. The van der Waals surface area contributed by atoms with Crippen LogP contribution in [-0.2, 0) is 17.5 Å². The highest BCUT2D eigenvalue weighted by Crippen LogP contribution is 2.08. The molecule has 1 rings (SSSR count). The SMILES string of the molecule is CCCc1ccc(C(=O)S(=O)O)cc1. The van der Waals surface area contributed by atoms with E-state index in [9.17, 15) is 9.00 Å². The monoisotopic (exact) mass is 212 g/mol. The van der Waals surface area contributed by atoms with Crippen LogP contribution in [-0.4, -0.2) is 13.9 Å². The van der Waals surface area contributed by atoms with E-state index in [4.69, 9.17) is 4.55 Å². The van der Waals surface area contributed by atoms with Crippen LogP contribution in [0.5, 0.6) is 0 Å². The molecule has 0 saturated carbocycles. The molecular weight excluding hydrogens is 200 g/mol. The molecule has 14 heavy (non-hydrogen) atoms. The van der Waals surface area contributed by atoms with Gasteiger partial charge in [-0.3, -0.25) is 9.35 Å². The molecule has 0 aromatic heterocycles. The lowest BCUT2D eigenvalue weighted by Crippen LogP contribution is -2.05. The third kappa shape index (κ3) is 2.75. The molecule has 1 atom stereocenters. The molecule has 1 aromatic carbocycles. The summed E-state index contributed by atoms with van der Waals surface area (Å²) in [6.45, 7) is 2.07. The molecule has 0 amide bonds. The van der Waals surface area contributed by atoms with Crippen LogP contribution in [0.3, 0.4) is 0 Å². The topological polar surface area (TPSA) is 54.4 Å². The van der Waals surface area contributed by atoms with Crippen LogP contribution in [0, 0.1) is 0 Å². The maximum atomic E-state index is 11.1. The van der Waals surface area contributed by atoms with Crippen LogP contribution in [0.15, 0.2) is 24.3 Å². The molecule has 76 valence electrons. The fourth-order valence-electron chi connectivity index (χ4n) is 1.20. The van der Waals surface area contributed by atoms with Gasteiger partial charge < -0.3 is 0 Å². The first-order valence-corrected chi connectivity index (χ1v) is 5.50. The molecule has 0 fully saturated rings. The summed E-state index contributed by atoms with van der Waals surface area (Å²) in [5, 5.41) is -0.743. The highest BCUT2D eigenvalue weighted by atomic mass is 32.2. The second kappa shape index (κ2) is 5.02. The Bertz CT molecular complexity index is 343. The number of rotatable bonds is 3. The van der Waals surface area contributed by atoms with Gasteiger partial charge in [-0.2, -0.15) is 0 Å². The van der Waals surface area contributed by atoms with Gasteiger partial charge in [0.25, 0.3) is 5.12 Å². The van der Waals surface area contributed by atoms with Gasteiger partial charge in [-0.05, 0) is 12.0 Å². The second-order valence-electron chi connectivity index (χ2n) is 2.98. The molecule has 0 radical (unpaired) electrons. The van der Waals surface area contributed by atoms with Crippen LogP contribution in [0.25, 0.3) is 0 Å². The Labute approximate surface area is 85.4 Å². The van der Waals surface area contributed by atoms with Crippen molar-refractivity contribution in [2.24, 2.45) is 0 Å². The summed E-state index contributed by atoms with van der Waals surface area (Å²) in [7, 11) is 0. The first kappa shape index (κ1) is 11.1. The van der Waals surface area contributed by atoms with Gasteiger partial charge in [-0.1, -0.05) is 37.6 Å². The van der Waals surface area contributed by atoms with Gasteiger partial charge in [0.2, 0.25) is 11.1 Å². The minimum atomic E-state index is -2.41. The molecule has 3 nitrogen and oxygen atoms in total. The minimum absolute atomic E-state index is 0.283. The summed E-state index contributed by atoms with van der Waals surface area (Å²) >= 11 is -2.41. The van der Waals surface area contributed by atoms with Crippen molar-refractivity contribution < 1.29 is 13.6 Å². The van der Waals surface area contributed by atoms with Crippen molar-refractivity contribution in [3.63, 3.8) is 0 Å². The van der Waals surface area contributed by atoms with E-state index in [2.05, 4.69) is 6.92 Å². The number of hydrogen-bond acceptors (Lipinski definition) is 2. The summed E-state index contributed by atoms with van der Waals surface area (Å²) in [5.41, 5.74) is 1.42. The van der Waals surface area contributed by atoms with Crippen molar-refractivity contribution in [1.29, 1.82) is 0 Å². The van der Waals surface area contributed by atoms with Crippen molar-refractivity contribution >= 4 is 16.2 Å². The Balaban J connectivity index is 2.83. The highest BCUT2D eigenvalue weighted by Gasteiger charge is 2.11. The minimum Gasteiger partial charge on any atom is -0.300 e. The Hall–Kier alpha value is -1.00. The van der Waals surface area contributed by atoms with Crippen LogP contribution in [0.1, 0.15) is 29.3 Å². The van der Waals surface area contributed by atoms with Crippen LogP contribution >= 0.6 is 0 Å². The number of carbonyl (C=O) groups is 1. The maximum Gasteiger partial charge on any atom is 0.276 e. The molecule has 0 saturated heterocycles. The maximum absolute atomic E-state index is 11.1. The lowest BCUT2D eigenvalue weighted by molar-refractivity contribution is 0.107. The summed E-state index contributed by atoms with van der Waals surface area (Å²) in [5.74, 6) is 0. The molecule has 0 aliphatic heterocycles. The first-order chi connectivity index (χ1) is 6.65. The van der Waals surface area contributed by atoms with Gasteiger partial charge in [0.15, 0.2) is 0 Å². The zero-order valence-electron chi connectivity index (χ0n) is 7.90. The number of hydrogen-bond donors (Lipinski definition) is 1. The standard InChI is InChI=1S/C10H12O3S/c1-2-3-8-4-6-9(7-5-8)10(11)14(12)13/h4-7H,2-3H2,1H3,(H,12,13). The molecule has 1 aromatic rings. The van der Waals surface area contributed by atoms with E-state index in [1.54, 1.807) is 12.1 Å². The summed E-state index contributed by atoms with van der Waals surface area (Å²) in [6.07, 6.45) is 2.00. The smallest absolute Gasteiger partial charge is 0.276 e. The van der Waals surface area contributed by atoms with Crippen molar-refractivity contribution in [2.75, 3.05) is 0 Å². The van der Waals surface area contributed by atoms with Crippen LogP contribution in [0.2, 0.25) is 0 Å². The van der Waals surface area contributed by atoms with Crippen molar-refractivity contribution in [3.8, 4) is 0 Å². The lowest BCUT2D eigenvalue weighted by atomic mass is 10.1. The molecule has 0 aliphatic carbocycles. The molecule has 1 N–H and O–H groups in total. The summed E-state index contributed by atoms with van der Waals surface area (Å²) in [4.78, 5) is 11.1. The van der Waals surface area contributed by atoms with E-state index in [0.29, 0.717) is 0 Å². The largest absolute Gasteiger partial charge is 0.300 e. The van der Waals surface area contributed by atoms with E-state index >= 15 is 0 Å². The second-order valence-corrected chi connectivity index (χ2v) is 3.85. The number of carbonyl (C=O) groups excluding carboxylic acids is 1. The predicted molar refractivity (Wildman–Crippen MR) is 55.5 cm³/mol. The Morgan fingerprint density at radius 3 is 2.36 bits per heavy atom. The lowest BCUT2D eigenvalue weighted by Gasteiger charge is -1.99. The molecular formula is C10H12O3S. The van der Waals surface area contributed by atoms with E-state index in [0.717, 1.165) is 18.4 Å². The van der Waals surface area contributed by atoms with Crippen molar-refractivity contribution in [2.45, 2.75) is 19.8 Å². The first-order valence-electron chi connectivity index (χ1n) is 4.39. The quantitative estimate of drug-likeness (QED) is 0.780.